The van der Waals surface area contributed by atoms with Gasteiger partial charge in [0.2, 0.25) is 23.6 Å². The van der Waals surface area contributed by atoms with Crippen molar-refractivity contribution in [2.24, 2.45) is 11.8 Å². The van der Waals surface area contributed by atoms with Crippen molar-refractivity contribution in [3.8, 4) is 0 Å². The molecule has 0 aromatic heterocycles. The highest BCUT2D eigenvalue weighted by molar-refractivity contribution is 6.30. The lowest BCUT2D eigenvalue weighted by Crippen LogP contribution is -2.51. The van der Waals surface area contributed by atoms with Gasteiger partial charge in [-0.25, -0.2) is 0 Å². The molecule has 2 aliphatic carbocycles. The fourth-order valence-electron chi connectivity index (χ4n) is 5.42. The molecule has 7 nitrogen and oxygen atoms in total. The number of nitrogens with one attached hydrogen (secondary N) is 1. The van der Waals surface area contributed by atoms with Gasteiger partial charge in [-0.2, -0.15) is 0 Å². The second-order valence-electron chi connectivity index (χ2n) is 9.90. The molecule has 1 heterocycles. The molecule has 0 radical (unpaired) electrons. The third kappa shape index (κ3) is 5.95. The number of benzene rings is 1. The first-order valence-electron chi connectivity index (χ1n) is 12.7. The maximum atomic E-state index is 13.4. The van der Waals surface area contributed by atoms with Crippen LogP contribution in [0.25, 0.3) is 0 Å². The Balaban J connectivity index is 1.44. The predicted molar refractivity (Wildman–Crippen MR) is 133 cm³/mol. The third-order valence-corrected chi connectivity index (χ3v) is 7.74. The maximum absolute atomic E-state index is 13.4. The van der Waals surface area contributed by atoms with E-state index in [0.29, 0.717) is 17.9 Å². The standard InChI is InChI=1S/C27H34ClN3O4/c1-18(25(33)29-21-10-3-2-4-11-21)31(17-19-8-7-9-20(28)16-19)24(32)14-15-30-26(34)22-12-5-6-13-23(22)27(30)35/h5-9,16,18,21-23H,2-4,10-15,17H2,1H3,(H,29,33)/t18-,22-,23+/m0/s1. The van der Waals surface area contributed by atoms with Gasteiger partial charge in [-0.1, -0.05) is 55.1 Å². The monoisotopic (exact) mass is 499 g/mol. The van der Waals surface area contributed by atoms with Gasteiger partial charge >= 0.3 is 0 Å². The Morgan fingerprint density at radius 3 is 2.37 bits per heavy atom. The van der Waals surface area contributed by atoms with E-state index in [1.807, 2.05) is 24.3 Å². The van der Waals surface area contributed by atoms with Crippen LogP contribution in [0, 0.1) is 11.8 Å². The summed E-state index contributed by atoms with van der Waals surface area (Å²) in [5, 5.41) is 3.67. The van der Waals surface area contributed by atoms with E-state index in [1.54, 1.807) is 19.1 Å². The molecule has 3 atom stereocenters. The second-order valence-corrected chi connectivity index (χ2v) is 10.3. The van der Waals surface area contributed by atoms with Crippen LogP contribution in [0.4, 0.5) is 0 Å². The van der Waals surface area contributed by atoms with Crippen molar-refractivity contribution >= 4 is 35.2 Å². The van der Waals surface area contributed by atoms with E-state index in [1.165, 1.54) is 16.2 Å². The van der Waals surface area contributed by atoms with Crippen LogP contribution in [0.5, 0.6) is 0 Å². The molecular weight excluding hydrogens is 466 g/mol. The predicted octanol–water partition coefficient (Wildman–Crippen LogP) is 3.85. The Labute approximate surface area is 211 Å². The summed E-state index contributed by atoms with van der Waals surface area (Å²) in [6.07, 6.45) is 10.3. The van der Waals surface area contributed by atoms with Gasteiger partial charge in [0, 0.05) is 30.6 Å². The number of imide groups is 1. The molecule has 2 fully saturated rings. The Morgan fingerprint density at radius 2 is 1.74 bits per heavy atom. The molecule has 188 valence electrons. The van der Waals surface area contributed by atoms with E-state index in [0.717, 1.165) is 31.2 Å². The van der Waals surface area contributed by atoms with Crippen LogP contribution in [-0.2, 0) is 25.7 Å². The quantitative estimate of drug-likeness (QED) is 0.435. The minimum Gasteiger partial charge on any atom is -0.352 e. The maximum Gasteiger partial charge on any atom is 0.242 e. The number of nitrogens with zero attached hydrogens (tertiary/aromatic N) is 2. The summed E-state index contributed by atoms with van der Waals surface area (Å²) >= 11 is 6.15. The van der Waals surface area contributed by atoms with E-state index in [-0.39, 0.29) is 61.0 Å². The topological polar surface area (TPSA) is 86.8 Å². The van der Waals surface area contributed by atoms with Crippen molar-refractivity contribution in [3.63, 3.8) is 0 Å². The highest BCUT2D eigenvalue weighted by Gasteiger charge is 2.47. The number of rotatable bonds is 8. The molecule has 1 saturated carbocycles. The number of allylic oxidation sites excluding steroid dienone is 2. The average molecular weight is 500 g/mol. The lowest BCUT2D eigenvalue weighted by molar-refractivity contribution is -0.144. The summed E-state index contributed by atoms with van der Waals surface area (Å²) in [6, 6.07) is 6.65. The van der Waals surface area contributed by atoms with Crippen molar-refractivity contribution in [2.75, 3.05) is 6.54 Å². The van der Waals surface area contributed by atoms with Gasteiger partial charge in [0.1, 0.15) is 6.04 Å². The minimum absolute atomic E-state index is 0.0219. The second kappa shape index (κ2) is 11.4. The third-order valence-electron chi connectivity index (χ3n) is 7.51. The zero-order valence-electron chi connectivity index (χ0n) is 20.2. The molecule has 1 N–H and O–H groups in total. The molecule has 1 aliphatic heterocycles. The molecule has 8 heteroatoms. The number of hydrogen-bond donors (Lipinski definition) is 1. The van der Waals surface area contributed by atoms with Gasteiger partial charge in [0.25, 0.3) is 0 Å². The summed E-state index contributed by atoms with van der Waals surface area (Å²) in [7, 11) is 0. The minimum atomic E-state index is -0.694. The number of carbonyl (C=O) groups is 4. The van der Waals surface area contributed by atoms with Crippen molar-refractivity contribution in [1.29, 1.82) is 0 Å². The molecule has 0 bridgehead atoms. The Bertz CT molecular complexity index is 978. The Morgan fingerprint density at radius 1 is 1.09 bits per heavy atom. The van der Waals surface area contributed by atoms with E-state index in [4.69, 9.17) is 11.6 Å². The van der Waals surface area contributed by atoms with E-state index in [9.17, 15) is 19.2 Å². The molecule has 4 rings (SSSR count). The highest BCUT2D eigenvalue weighted by atomic mass is 35.5. The SMILES string of the molecule is C[C@@H](C(=O)NC1CCCCC1)N(Cc1cccc(Cl)c1)C(=O)CCN1C(=O)[C@H]2CC=CC[C@H]2C1=O. The number of amides is 4. The van der Waals surface area contributed by atoms with Gasteiger partial charge in [-0.05, 0) is 50.3 Å². The van der Waals surface area contributed by atoms with Crippen LogP contribution in [0.1, 0.15) is 63.9 Å². The molecule has 0 spiro atoms. The number of hydrogen-bond acceptors (Lipinski definition) is 4. The first kappa shape index (κ1) is 25.4. The largest absolute Gasteiger partial charge is 0.352 e. The molecule has 35 heavy (non-hydrogen) atoms. The summed E-state index contributed by atoms with van der Waals surface area (Å²) in [5.41, 5.74) is 0.814. The van der Waals surface area contributed by atoms with Gasteiger partial charge in [0.15, 0.2) is 0 Å². The Hall–Kier alpha value is -2.67. The average Bonchev–Trinajstić information content (AvgIpc) is 3.10. The van der Waals surface area contributed by atoms with Gasteiger partial charge in [0.05, 0.1) is 11.8 Å². The normalized spacial score (nSPS) is 23.2. The van der Waals surface area contributed by atoms with Crippen LogP contribution in [-0.4, -0.2) is 52.1 Å². The van der Waals surface area contributed by atoms with Crippen LogP contribution < -0.4 is 5.32 Å². The summed E-state index contributed by atoms with van der Waals surface area (Å²) < 4.78 is 0. The van der Waals surface area contributed by atoms with Crippen molar-refractivity contribution < 1.29 is 19.2 Å². The zero-order chi connectivity index (χ0) is 24.9. The number of likely N-dealkylation sites (tertiary alicyclic amines) is 1. The van der Waals surface area contributed by atoms with Crippen molar-refractivity contribution in [3.05, 3.63) is 47.0 Å². The van der Waals surface area contributed by atoms with Crippen LogP contribution >= 0.6 is 11.6 Å². The first-order chi connectivity index (χ1) is 16.8. The first-order valence-corrected chi connectivity index (χ1v) is 13.1. The molecule has 1 aromatic rings. The van der Waals surface area contributed by atoms with Gasteiger partial charge < -0.3 is 10.2 Å². The number of carbonyl (C=O) groups excluding carboxylic acids is 4. The zero-order valence-corrected chi connectivity index (χ0v) is 21.0. The molecule has 0 unspecified atom stereocenters. The number of halogens is 1. The molecule has 1 saturated heterocycles. The van der Waals surface area contributed by atoms with Crippen molar-refractivity contribution in [2.45, 2.75) is 76.9 Å². The molecule has 3 aliphatic rings. The highest BCUT2D eigenvalue weighted by Crippen LogP contribution is 2.35. The Kier molecular flexibility index (Phi) is 8.26. The van der Waals surface area contributed by atoms with E-state index >= 15 is 0 Å². The number of fused-ring (bicyclic) bond motifs is 1. The fraction of sp³-hybridized carbons (Fsp3) is 0.556. The smallest absolute Gasteiger partial charge is 0.242 e. The van der Waals surface area contributed by atoms with Crippen LogP contribution in [0.15, 0.2) is 36.4 Å². The summed E-state index contributed by atoms with van der Waals surface area (Å²) in [4.78, 5) is 54.9. The molecule has 4 amide bonds. The summed E-state index contributed by atoms with van der Waals surface area (Å²) in [5.74, 6) is -1.47. The fourth-order valence-corrected chi connectivity index (χ4v) is 5.64. The van der Waals surface area contributed by atoms with Crippen LogP contribution in [0.3, 0.4) is 0 Å². The van der Waals surface area contributed by atoms with Gasteiger partial charge in [-0.15, -0.1) is 0 Å². The molecule has 1 aromatic carbocycles. The van der Waals surface area contributed by atoms with Crippen LogP contribution in [0.2, 0.25) is 5.02 Å². The lowest BCUT2D eigenvalue weighted by atomic mass is 9.85. The summed E-state index contributed by atoms with van der Waals surface area (Å²) in [6.45, 7) is 1.98. The van der Waals surface area contributed by atoms with Crippen molar-refractivity contribution in [1.82, 2.24) is 15.1 Å². The van der Waals surface area contributed by atoms with E-state index < -0.39 is 6.04 Å². The van der Waals surface area contributed by atoms with E-state index in [2.05, 4.69) is 5.32 Å². The van der Waals surface area contributed by atoms with Gasteiger partial charge in [-0.3, -0.25) is 24.1 Å². The lowest BCUT2D eigenvalue weighted by Gasteiger charge is -2.31. The molecular formula is C27H34ClN3O4.